The molecule has 2 rings (SSSR count). The van der Waals surface area contributed by atoms with Crippen LogP contribution < -0.4 is 10.2 Å². The number of benzene rings is 1. The zero-order valence-electron chi connectivity index (χ0n) is 9.08. The molecule has 1 aliphatic rings. The van der Waals surface area contributed by atoms with Gasteiger partial charge in [-0.25, -0.2) is 0 Å². The highest BCUT2D eigenvalue weighted by atomic mass is 79.9. The highest BCUT2D eigenvalue weighted by Crippen LogP contribution is 2.19. The molecule has 16 heavy (non-hydrogen) atoms. The van der Waals surface area contributed by atoms with Crippen molar-refractivity contribution in [2.24, 2.45) is 0 Å². The van der Waals surface area contributed by atoms with Crippen LogP contribution in [0.25, 0.3) is 0 Å². The van der Waals surface area contributed by atoms with E-state index < -0.39 is 0 Å². The largest absolute Gasteiger partial charge is 0.370 e. The fraction of sp³-hybridized carbons (Fsp3) is 0.417. The normalized spacial score (nSPS) is 17.6. The first-order valence-corrected chi connectivity index (χ1v) is 6.32. The molecule has 1 aromatic rings. The number of nitrogens with zero attached hydrogens (tertiary/aromatic N) is 1. The quantitative estimate of drug-likeness (QED) is 0.856. The summed E-state index contributed by atoms with van der Waals surface area (Å²) in [6.07, 6.45) is 1.55. The van der Waals surface area contributed by atoms with Gasteiger partial charge in [0.2, 0.25) is 5.91 Å². The first-order chi connectivity index (χ1) is 7.75. The van der Waals surface area contributed by atoms with Crippen molar-refractivity contribution in [3.05, 3.63) is 28.7 Å². The van der Waals surface area contributed by atoms with Crippen LogP contribution in [0.2, 0.25) is 0 Å². The fourth-order valence-electron chi connectivity index (χ4n) is 1.87. The third-order valence-electron chi connectivity index (χ3n) is 2.73. The highest BCUT2D eigenvalue weighted by molar-refractivity contribution is 9.10. The molecule has 1 amide bonds. The average Bonchev–Trinajstić information content (AvgIpc) is 2.25. The van der Waals surface area contributed by atoms with Crippen LogP contribution in [0, 0.1) is 0 Å². The molecule has 1 N–H and O–H groups in total. The summed E-state index contributed by atoms with van der Waals surface area (Å²) in [4.78, 5) is 13.5. The summed E-state index contributed by atoms with van der Waals surface area (Å²) in [7, 11) is 0. The number of anilines is 1. The third kappa shape index (κ3) is 2.98. The molecule has 86 valence electrons. The highest BCUT2D eigenvalue weighted by Gasteiger charge is 2.11. The number of carbonyl (C=O) groups is 1. The minimum atomic E-state index is 0.176. The first kappa shape index (κ1) is 11.5. The van der Waals surface area contributed by atoms with E-state index in [1.807, 2.05) is 12.1 Å². The number of nitrogens with one attached hydrogen (secondary N) is 1. The maximum absolute atomic E-state index is 11.2. The van der Waals surface area contributed by atoms with Crippen LogP contribution in [0.1, 0.15) is 12.8 Å². The van der Waals surface area contributed by atoms with Gasteiger partial charge >= 0.3 is 0 Å². The van der Waals surface area contributed by atoms with Gasteiger partial charge in [0.05, 0.1) is 0 Å². The van der Waals surface area contributed by atoms with Crippen molar-refractivity contribution in [3.8, 4) is 0 Å². The third-order valence-corrected chi connectivity index (χ3v) is 3.26. The monoisotopic (exact) mass is 282 g/mol. The summed E-state index contributed by atoms with van der Waals surface area (Å²) in [6, 6.07) is 8.31. The lowest BCUT2D eigenvalue weighted by atomic mass is 10.2. The predicted molar refractivity (Wildman–Crippen MR) is 68.6 cm³/mol. The lowest BCUT2D eigenvalue weighted by molar-refractivity contribution is -0.121. The second kappa shape index (κ2) is 5.34. The topological polar surface area (TPSA) is 32.3 Å². The molecular formula is C12H15BrN2O. The lowest BCUT2D eigenvalue weighted by Gasteiger charge is -2.27. The molecule has 1 aromatic carbocycles. The molecule has 1 saturated heterocycles. The van der Waals surface area contributed by atoms with Gasteiger partial charge in [-0.3, -0.25) is 4.79 Å². The molecule has 0 spiro atoms. The van der Waals surface area contributed by atoms with Gasteiger partial charge in [-0.2, -0.15) is 0 Å². The van der Waals surface area contributed by atoms with E-state index >= 15 is 0 Å². The van der Waals surface area contributed by atoms with E-state index in [1.54, 1.807) is 0 Å². The summed E-state index contributed by atoms with van der Waals surface area (Å²) in [6.45, 7) is 2.57. The Morgan fingerprint density at radius 2 is 1.94 bits per heavy atom. The summed E-state index contributed by atoms with van der Waals surface area (Å²) < 4.78 is 1.09. The number of halogens is 1. The Labute approximate surface area is 104 Å². The average molecular weight is 283 g/mol. The minimum absolute atomic E-state index is 0.176. The van der Waals surface area contributed by atoms with Crippen LogP contribution in [0.15, 0.2) is 28.7 Å². The summed E-state index contributed by atoms with van der Waals surface area (Å²) in [5.41, 5.74) is 1.22. The maximum Gasteiger partial charge on any atom is 0.220 e. The number of hydrogen-bond acceptors (Lipinski definition) is 2. The zero-order chi connectivity index (χ0) is 11.4. The van der Waals surface area contributed by atoms with Crippen LogP contribution in [0.5, 0.6) is 0 Å². The van der Waals surface area contributed by atoms with E-state index in [1.165, 1.54) is 5.69 Å². The summed E-state index contributed by atoms with van der Waals surface area (Å²) >= 11 is 3.43. The first-order valence-electron chi connectivity index (χ1n) is 5.53. The van der Waals surface area contributed by atoms with E-state index in [0.717, 1.165) is 30.5 Å². The standard InChI is InChI=1S/C12H15BrN2O/c13-10-3-5-11(6-4-10)15-8-1-2-12(16)14-7-9-15/h3-6H,1-2,7-9H2,(H,14,16). The van der Waals surface area contributed by atoms with Crippen molar-refractivity contribution < 1.29 is 4.79 Å². The van der Waals surface area contributed by atoms with Crippen molar-refractivity contribution in [3.63, 3.8) is 0 Å². The van der Waals surface area contributed by atoms with Crippen LogP contribution in [-0.2, 0) is 4.79 Å². The molecular weight excluding hydrogens is 268 g/mol. The Morgan fingerprint density at radius 1 is 1.19 bits per heavy atom. The van der Waals surface area contributed by atoms with Crippen LogP contribution in [-0.4, -0.2) is 25.5 Å². The van der Waals surface area contributed by atoms with Crippen LogP contribution >= 0.6 is 15.9 Å². The van der Waals surface area contributed by atoms with E-state index in [2.05, 4.69) is 38.3 Å². The van der Waals surface area contributed by atoms with Gasteiger partial charge in [-0.15, -0.1) is 0 Å². The van der Waals surface area contributed by atoms with Crippen molar-refractivity contribution in [1.29, 1.82) is 0 Å². The van der Waals surface area contributed by atoms with Crippen molar-refractivity contribution >= 4 is 27.5 Å². The minimum Gasteiger partial charge on any atom is -0.370 e. The van der Waals surface area contributed by atoms with E-state index in [4.69, 9.17) is 0 Å². The molecule has 3 nitrogen and oxygen atoms in total. The summed E-state index contributed by atoms with van der Waals surface area (Å²) in [5, 5.41) is 2.91. The van der Waals surface area contributed by atoms with Crippen LogP contribution in [0.4, 0.5) is 5.69 Å². The van der Waals surface area contributed by atoms with Gasteiger partial charge < -0.3 is 10.2 Å². The molecule has 4 heteroatoms. The van der Waals surface area contributed by atoms with E-state index in [0.29, 0.717) is 6.42 Å². The number of rotatable bonds is 1. The van der Waals surface area contributed by atoms with Crippen molar-refractivity contribution in [1.82, 2.24) is 5.32 Å². The molecule has 0 atom stereocenters. The molecule has 0 aromatic heterocycles. The molecule has 0 aliphatic carbocycles. The number of carbonyl (C=O) groups excluding carboxylic acids is 1. The van der Waals surface area contributed by atoms with Gasteiger partial charge in [-0.1, -0.05) is 15.9 Å². The Kier molecular flexibility index (Phi) is 3.83. The zero-order valence-corrected chi connectivity index (χ0v) is 10.7. The second-order valence-corrected chi connectivity index (χ2v) is 4.83. The Bertz CT molecular complexity index is 352. The molecule has 0 radical (unpaired) electrons. The second-order valence-electron chi connectivity index (χ2n) is 3.92. The van der Waals surface area contributed by atoms with Crippen molar-refractivity contribution in [2.75, 3.05) is 24.5 Å². The lowest BCUT2D eigenvalue weighted by Crippen LogP contribution is -2.38. The Morgan fingerprint density at radius 3 is 2.69 bits per heavy atom. The Hall–Kier alpha value is -1.03. The number of amides is 1. The smallest absolute Gasteiger partial charge is 0.220 e. The molecule has 0 bridgehead atoms. The van der Waals surface area contributed by atoms with Crippen LogP contribution in [0.3, 0.4) is 0 Å². The molecule has 0 saturated carbocycles. The molecule has 1 aliphatic heterocycles. The molecule has 0 unspecified atom stereocenters. The summed E-state index contributed by atoms with van der Waals surface area (Å²) in [5.74, 6) is 0.176. The fourth-order valence-corrected chi connectivity index (χ4v) is 2.14. The maximum atomic E-state index is 11.2. The van der Waals surface area contributed by atoms with Gasteiger partial charge in [0.25, 0.3) is 0 Å². The molecule has 1 fully saturated rings. The van der Waals surface area contributed by atoms with Gasteiger partial charge in [0, 0.05) is 36.2 Å². The van der Waals surface area contributed by atoms with Gasteiger partial charge in [-0.05, 0) is 30.7 Å². The van der Waals surface area contributed by atoms with Gasteiger partial charge in [0.15, 0.2) is 0 Å². The van der Waals surface area contributed by atoms with Crippen molar-refractivity contribution in [2.45, 2.75) is 12.8 Å². The molecule has 1 heterocycles. The van der Waals surface area contributed by atoms with Gasteiger partial charge in [0.1, 0.15) is 0 Å². The SMILES string of the molecule is O=C1CCCN(c2ccc(Br)cc2)CCN1. The van der Waals surface area contributed by atoms with E-state index in [9.17, 15) is 4.79 Å². The van der Waals surface area contributed by atoms with E-state index in [-0.39, 0.29) is 5.91 Å². The predicted octanol–water partition coefficient (Wildman–Crippen LogP) is 2.17. The Balaban J connectivity index is 2.03. The number of hydrogen-bond donors (Lipinski definition) is 1.